The zero-order valence-corrected chi connectivity index (χ0v) is 11.4. The van der Waals surface area contributed by atoms with E-state index in [1.807, 2.05) is 4.57 Å². The lowest BCUT2D eigenvalue weighted by Crippen LogP contribution is -2.09. The van der Waals surface area contributed by atoms with Gasteiger partial charge in [0.25, 0.3) is 0 Å². The molecule has 8 nitrogen and oxygen atoms in total. The standard InChI is InChI=1S/C11H14N5O3P/c12-10-9-11(14-5-13-10)16(6-15-9)8-2-1-7(19-8)3-4-20(17)18/h3-8,17-18H,1-2H2,(H2,12,13,14)/b4-3+. The maximum Gasteiger partial charge on any atom is 0.191 e. The van der Waals surface area contributed by atoms with Crippen molar-refractivity contribution in [3.05, 3.63) is 24.5 Å². The summed E-state index contributed by atoms with van der Waals surface area (Å²) in [5, 5.41) is 0. The van der Waals surface area contributed by atoms with Gasteiger partial charge in [-0.3, -0.25) is 4.57 Å². The predicted molar refractivity (Wildman–Crippen MR) is 73.4 cm³/mol. The van der Waals surface area contributed by atoms with Crippen LogP contribution in [0.4, 0.5) is 5.82 Å². The van der Waals surface area contributed by atoms with Crippen molar-refractivity contribution in [1.29, 1.82) is 0 Å². The van der Waals surface area contributed by atoms with Gasteiger partial charge in [0.1, 0.15) is 18.1 Å². The molecule has 0 aliphatic carbocycles. The second-order valence-corrected chi connectivity index (χ2v) is 5.39. The van der Waals surface area contributed by atoms with E-state index in [0.29, 0.717) is 17.0 Å². The third-order valence-corrected chi connectivity index (χ3v) is 3.60. The first-order chi connectivity index (χ1) is 9.65. The number of hydrogen-bond acceptors (Lipinski definition) is 7. The summed E-state index contributed by atoms with van der Waals surface area (Å²) in [6.07, 6.45) is 5.97. The van der Waals surface area contributed by atoms with E-state index in [-0.39, 0.29) is 12.3 Å². The van der Waals surface area contributed by atoms with Gasteiger partial charge in [-0.1, -0.05) is 6.08 Å². The van der Waals surface area contributed by atoms with Crippen LogP contribution in [0.5, 0.6) is 0 Å². The molecule has 2 aromatic rings. The molecule has 106 valence electrons. The number of rotatable bonds is 3. The second-order valence-electron chi connectivity index (χ2n) is 4.45. The van der Waals surface area contributed by atoms with Crippen molar-refractivity contribution in [3.8, 4) is 0 Å². The van der Waals surface area contributed by atoms with Crippen LogP contribution in [0.1, 0.15) is 19.1 Å². The minimum Gasteiger partial charge on any atom is -0.382 e. The summed E-state index contributed by atoms with van der Waals surface area (Å²) in [6.45, 7) is 0. The van der Waals surface area contributed by atoms with E-state index >= 15 is 0 Å². The maximum atomic E-state index is 8.87. The molecule has 1 saturated heterocycles. The lowest BCUT2D eigenvalue weighted by atomic mass is 10.2. The molecule has 1 aliphatic heterocycles. The average Bonchev–Trinajstić information content (AvgIpc) is 3.02. The molecule has 1 fully saturated rings. The Morgan fingerprint density at radius 1 is 1.35 bits per heavy atom. The van der Waals surface area contributed by atoms with Crippen LogP contribution in [-0.2, 0) is 4.74 Å². The van der Waals surface area contributed by atoms with Crippen LogP contribution in [0.15, 0.2) is 24.5 Å². The summed E-state index contributed by atoms with van der Waals surface area (Å²) >= 11 is 0. The van der Waals surface area contributed by atoms with Gasteiger partial charge < -0.3 is 20.3 Å². The molecule has 1 aliphatic rings. The zero-order chi connectivity index (χ0) is 14.1. The third-order valence-electron chi connectivity index (χ3n) is 3.16. The number of nitrogen functional groups attached to an aromatic ring is 1. The Labute approximate surface area is 115 Å². The molecule has 0 bridgehead atoms. The average molecular weight is 295 g/mol. The normalized spacial score (nSPS) is 23.4. The summed E-state index contributed by atoms with van der Waals surface area (Å²) in [7, 11) is -2.03. The molecule has 2 unspecified atom stereocenters. The number of nitrogens with two attached hydrogens (primary N) is 1. The molecule has 0 saturated carbocycles. The predicted octanol–water partition coefficient (Wildman–Crippen LogP) is 0.896. The van der Waals surface area contributed by atoms with Gasteiger partial charge >= 0.3 is 0 Å². The van der Waals surface area contributed by atoms with Gasteiger partial charge in [0.2, 0.25) is 0 Å². The van der Waals surface area contributed by atoms with Gasteiger partial charge in [-0.05, 0) is 18.7 Å². The minimum absolute atomic E-state index is 0.138. The minimum atomic E-state index is -2.03. The lowest BCUT2D eigenvalue weighted by Gasteiger charge is -2.13. The van der Waals surface area contributed by atoms with Gasteiger partial charge in [0.15, 0.2) is 19.8 Å². The molecular formula is C11H14N5O3P. The van der Waals surface area contributed by atoms with Gasteiger partial charge in [0.05, 0.1) is 12.4 Å². The van der Waals surface area contributed by atoms with Crippen LogP contribution in [0, 0.1) is 0 Å². The Hall–Kier alpha value is -1.60. The van der Waals surface area contributed by atoms with Gasteiger partial charge in [0, 0.05) is 0 Å². The first kappa shape index (κ1) is 13.4. The highest BCUT2D eigenvalue weighted by atomic mass is 31.2. The van der Waals surface area contributed by atoms with E-state index in [9.17, 15) is 0 Å². The molecule has 2 aromatic heterocycles. The summed E-state index contributed by atoms with van der Waals surface area (Å²) < 4.78 is 7.65. The lowest BCUT2D eigenvalue weighted by molar-refractivity contribution is 0.0259. The number of fused-ring (bicyclic) bond motifs is 1. The van der Waals surface area contributed by atoms with Crippen molar-refractivity contribution in [2.45, 2.75) is 25.2 Å². The molecule has 0 radical (unpaired) electrons. The Morgan fingerprint density at radius 2 is 2.20 bits per heavy atom. The third kappa shape index (κ3) is 2.51. The van der Waals surface area contributed by atoms with Crippen LogP contribution in [0.3, 0.4) is 0 Å². The quantitative estimate of drug-likeness (QED) is 0.719. The van der Waals surface area contributed by atoms with Crippen molar-refractivity contribution in [2.75, 3.05) is 5.73 Å². The van der Waals surface area contributed by atoms with Crippen LogP contribution >= 0.6 is 8.38 Å². The second kappa shape index (κ2) is 5.41. The van der Waals surface area contributed by atoms with Crippen molar-refractivity contribution in [1.82, 2.24) is 19.5 Å². The van der Waals surface area contributed by atoms with E-state index in [1.165, 1.54) is 12.1 Å². The van der Waals surface area contributed by atoms with Crippen molar-refractivity contribution < 1.29 is 14.5 Å². The van der Waals surface area contributed by atoms with Gasteiger partial charge in [-0.15, -0.1) is 0 Å². The van der Waals surface area contributed by atoms with Crippen LogP contribution in [-0.4, -0.2) is 35.4 Å². The monoisotopic (exact) mass is 295 g/mol. The smallest absolute Gasteiger partial charge is 0.191 e. The molecule has 2 atom stereocenters. The number of aromatic nitrogens is 4. The molecule has 0 aromatic carbocycles. The van der Waals surface area contributed by atoms with E-state index in [1.54, 1.807) is 12.4 Å². The van der Waals surface area contributed by atoms with Crippen molar-refractivity contribution in [2.24, 2.45) is 0 Å². The van der Waals surface area contributed by atoms with E-state index in [0.717, 1.165) is 12.8 Å². The zero-order valence-electron chi connectivity index (χ0n) is 10.5. The molecule has 4 N–H and O–H groups in total. The highest BCUT2D eigenvalue weighted by Crippen LogP contribution is 2.33. The van der Waals surface area contributed by atoms with Gasteiger partial charge in [-0.25, -0.2) is 15.0 Å². The maximum absolute atomic E-state index is 8.87. The molecular weight excluding hydrogens is 281 g/mol. The van der Waals surface area contributed by atoms with E-state index in [2.05, 4.69) is 15.0 Å². The van der Waals surface area contributed by atoms with Crippen molar-refractivity contribution in [3.63, 3.8) is 0 Å². The highest BCUT2D eigenvalue weighted by Gasteiger charge is 2.26. The van der Waals surface area contributed by atoms with Crippen LogP contribution in [0.2, 0.25) is 0 Å². The van der Waals surface area contributed by atoms with E-state index < -0.39 is 8.38 Å². The number of hydrogen-bond donors (Lipinski definition) is 3. The molecule has 20 heavy (non-hydrogen) atoms. The molecule has 0 amide bonds. The Balaban J connectivity index is 1.81. The summed E-state index contributed by atoms with van der Waals surface area (Å²) in [4.78, 5) is 30.0. The van der Waals surface area contributed by atoms with Crippen LogP contribution < -0.4 is 5.73 Å². The summed E-state index contributed by atoms with van der Waals surface area (Å²) in [5.74, 6) is 1.70. The first-order valence-electron chi connectivity index (χ1n) is 6.09. The number of imidazole rings is 1. The number of ether oxygens (including phenoxy) is 1. The molecule has 0 spiro atoms. The Morgan fingerprint density at radius 3 is 3.00 bits per heavy atom. The largest absolute Gasteiger partial charge is 0.382 e. The van der Waals surface area contributed by atoms with Crippen LogP contribution in [0.25, 0.3) is 11.2 Å². The SMILES string of the molecule is Nc1ncnc2c1ncn2C1CCC(/C=C/P(O)O)O1. The Bertz CT molecular complexity index is 644. The summed E-state index contributed by atoms with van der Waals surface area (Å²) in [6, 6.07) is 0. The van der Waals surface area contributed by atoms with E-state index in [4.69, 9.17) is 20.3 Å². The number of nitrogens with zero attached hydrogens (tertiary/aromatic N) is 4. The highest BCUT2D eigenvalue weighted by molar-refractivity contribution is 7.48. The van der Waals surface area contributed by atoms with Crippen molar-refractivity contribution >= 4 is 25.4 Å². The molecule has 9 heteroatoms. The summed E-state index contributed by atoms with van der Waals surface area (Å²) in [5.41, 5.74) is 6.94. The fourth-order valence-corrected chi connectivity index (χ4v) is 2.59. The fraction of sp³-hybridized carbons (Fsp3) is 0.364. The fourth-order valence-electron chi connectivity index (χ4n) is 2.24. The first-order valence-corrected chi connectivity index (χ1v) is 7.40. The Kier molecular flexibility index (Phi) is 3.62. The molecule has 3 rings (SSSR count). The number of anilines is 1. The molecule has 3 heterocycles. The topological polar surface area (TPSA) is 119 Å². The van der Waals surface area contributed by atoms with Gasteiger partial charge in [-0.2, -0.15) is 0 Å².